The van der Waals surface area contributed by atoms with Crippen LogP contribution in [0.4, 0.5) is 17.5 Å². The second kappa shape index (κ2) is 21.7. The molecule has 0 saturated carbocycles. The van der Waals surface area contributed by atoms with E-state index < -0.39 is 129 Å². The number of nitrogens with one attached hydrogen (secondary N) is 4. The van der Waals surface area contributed by atoms with Crippen molar-refractivity contribution >= 4 is 82.1 Å². The number of nitrogens with two attached hydrogens (primary N) is 2. The third-order valence-electron chi connectivity index (χ3n) is 8.54. The number of anilines is 3. The van der Waals surface area contributed by atoms with Crippen LogP contribution in [-0.4, -0.2) is 105 Å². The zero-order valence-corrected chi connectivity index (χ0v) is 31.7. The second-order valence-corrected chi connectivity index (χ2v) is 13.1. The highest BCUT2D eigenvalue weighted by molar-refractivity contribution is 5.97. The van der Waals surface area contributed by atoms with Gasteiger partial charge in [-0.3, -0.25) is 19.2 Å². The third-order valence-corrected chi connectivity index (χ3v) is 8.54. The van der Waals surface area contributed by atoms with E-state index in [1.165, 1.54) is 18.3 Å². The molecule has 0 saturated heterocycles. The van der Waals surface area contributed by atoms with Crippen molar-refractivity contribution in [2.24, 2.45) is 0 Å². The normalized spacial score (nSPS) is 12.8. The van der Waals surface area contributed by atoms with Crippen molar-refractivity contribution in [2.75, 3.05) is 23.4 Å². The molecule has 0 radical (unpaired) electrons. The topological polar surface area (TPSA) is 424 Å². The average Bonchev–Trinajstić information content (AvgIpc) is 3.17. The number of aliphatic carboxylic acids is 5. The number of nitrogen functional groups attached to an aromatic ring is 2. The summed E-state index contributed by atoms with van der Waals surface area (Å²) < 4.78 is 0. The summed E-state index contributed by atoms with van der Waals surface area (Å²) in [5.41, 5.74) is 13.1. The Hall–Kier alpha value is -7.73. The van der Waals surface area contributed by atoms with E-state index in [2.05, 4.69) is 25.3 Å². The van der Waals surface area contributed by atoms with E-state index >= 15 is 0 Å². The minimum atomic E-state index is -1.85. The number of hydrogen-bond donors (Lipinski definition) is 6. The number of benzene rings is 1. The molecule has 0 fully saturated rings. The van der Waals surface area contributed by atoms with Crippen molar-refractivity contribution in [3.8, 4) is 0 Å². The summed E-state index contributed by atoms with van der Waals surface area (Å²) in [5.74, 6) is -12.8. The molecular formula is C35H38N11O14-5. The zero-order chi connectivity index (χ0) is 44.7. The summed E-state index contributed by atoms with van der Waals surface area (Å²) in [6.45, 7) is 0.251. The van der Waals surface area contributed by atoms with Gasteiger partial charge in [0.1, 0.15) is 0 Å². The van der Waals surface area contributed by atoms with Crippen molar-refractivity contribution in [3.63, 3.8) is 0 Å². The fourth-order valence-electron chi connectivity index (χ4n) is 5.39. The van der Waals surface area contributed by atoms with Gasteiger partial charge in [0.25, 0.3) is 5.91 Å². The van der Waals surface area contributed by atoms with E-state index in [4.69, 9.17) is 11.5 Å². The number of nitrogens with zero attached hydrogens (tertiary/aromatic N) is 5. The van der Waals surface area contributed by atoms with E-state index in [1.54, 1.807) is 24.1 Å². The van der Waals surface area contributed by atoms with Crippen LogP contribution < -0.4 is 63.2 Å². The molecule has 0 aliphatic carbocycles. The molecule has 0 unspecified atom stereocenters. The minimum Gasteiger partial charge on any atom is -0.550 e. The number of hydrogen-bond acceptors (Lipinski definition) is 21. The molecule has 0 spiro atoms. The van der Waals surface area contributed by atoms with E-state index in [0.717, 1.165) is 0 Å². The number of aromatic nitrogens is 4. The lowest BCUT2D eigenvalue weighted by Gasteiger charge is -2.24. The minimum absolute atomic E-state index is 0.0469. The van der Waals surface area contributed by atoms with E-state index in [0.29, 0.717) is 11.4 Å². The molecule has 322 valence electrons. The standard InChI is InChI=1S/C35H43N11O14/c1-46(15-17-14-38-29-27(39-17)28(36)44-35(37)45-29)18-4-2-16(3-5-18)30(52)43-22(34(59)60)8-12-25(49)41-20(32(55)56)6-10-23(47)40-19(31(53)54)7-11-24(48)42-21(33(57)58)9-13-26(50)51/h2-5,14,19-22H,6-13,15H2,1H3,(H,40,47)(H,41,49)(H,42,48)(H,43,52)(H,50,51)(H,53,54)(H,55,56)(H,57,58)(H,59,60)(H4,36,37,38,44,45)/p-5/t19-,20-,21-,22-/m0/s1. The molecule has 2 heterocycles. The Morgan fingerprint density at radius 2 is 1.05 bits per heavy atom. The van der Waals surface area contributed by atoms with Crippen molar-refractivity contribution in [2.45, 2.75) is 82.1 Å². The molecular weight excluding hydrogens is 798 g/mol. The van der Waals surface area contributed by atoms with Crippen molar-refractivity contribution < 1.29 is 68.7 Å². The van der Waals surface area contributed by atoms with Crippen LogP contribution in [0.5, 0.6) is 0 Å². The predicted molar refractivity (Wildman–Crippen MR) is 192 cm³/mol. The van der Waals surface area contributed by atoms with Gasteiger partial charge in [0.15, 0.2) is 17.0 Å². The van der Waals surface area contributed by atoms with Crippen LogP contribution in [0.15, 0.2) is 30.5 Å². The molecule has 0 aliphatic rings. The average molecular weight is 837 g/mol. The molecule has 2 aromatic heterocycles. The molecule has 0 bridgehead atoms. The number of carbonyl (C=O) groups excluding carboxylic acids is 9. The summed E-state index contributed by atoms with van der Waals surface area (Å²) in [4.78, 5) is 125. The van der Waals surface area contributed by atoms with Crippen LogP contribution in [0.3, 0.4) is 0 Å². The van der Waals surface area contributed by atoms with Crippen molar-refractivity contribution in [1.82, 2.24) is 41.2 Å². The molecule has 0 aliphatic heterocycles. The van der Waals surface area contributed by atoms with Crippen LogP contribution in [0.1, 0.15) is 67.4 Å². The Balaban J connectivity index is 1.48. The quantitative estimate of drug-likeness (QED) is 0.0488. The number of carboxylic acids is 5. The summed E-state index contributed by atoms with van der Waals surface area (Å²) in [5, 5.41) is 64.9. The van der Waals surface area contributed by atoms with Gasteiger partial charge < -0.3 is 87.1 Å². The molecule has 4 atom stereocenters. The fourth-order valence-corrected chi connectivity index (χ4v) is 5.39. The smallest absolute Gasteiger partial charge is 0.251 e. The first kappa shape index (κ1) is 46.7. The molecule has 3 rings (SSSR count). The Labute approximate surface area is 339 Å². The Kier molecular flexibility index (Phi) is 16.9. The monoisotopic (exact) mass is 836 g/mol. The van der Waals surface area contributed by atoms with Gasteiger partial charge in [-0.25, -0.2) is 9.97 Å². The highest BCUT2D eigenvalue weighted by Gasteiger charge is 2.22. The van der Waals surface area contributed by atoms with E-state index in [-0.39, 0.29) is 35.0 Å². The maximum absolute atomic E-state index is 12.9. The first-order valence-electron chi connectivity index (χ1n) is 17.8. The van der Waals surface area contributed by atoms with Crippen molar-refractivity contribution in [3.05, 3.63) is 41.7 Å². The van der Waals surface area contributed by atoms with Gasteiger partial charge in [0, 0.05) is 43.5 Å². The van der Waals surface area contributed by atoms with Crippen molar-refractivity contribution in [1.29, 1.82) is 0 Å². The molecule has 8 N–H and O–H groups in total. The van der Waals surface area contributed by atoms with E-state index in [9.17, 15) is 68.7 Å². The van der Waals surface area contributed by atoms with Gasteiger partial charge in [-0.2, -0.15) is 9.97 Å². The summed E-state index contributed by atoms with van der Waals surface area (Å²) in [7, 11) is 1.73. The Morgan fingerprint density at radius 3 is 1.48 bits per heavy atom. The second-order valence-electron chi connectivity index (χ2n) is 13.1. The SMILES string of the molecule is CN(Cc1cnc2nc(N)nc(N)c2n1)c1ccc(C(=O)N[C@@H](CCC(=O)N[C@@H](CCC(=O)N[C@@H](CCC(=O)N[C@@H](CCC(=O)[O-])C(=O)[O-])C(=O)[O-])C(=O)[O-])C(=O)[O-])cc1. The van der Waals surface area contributed by atoms with Crippen LogP contribution in [0.25, 0.3) is 11.2 Å². The van der Waals surface area contributed by atoms with Crippen LogP contribution >= 0.6 is 0 Å². The first-order valence-corrected chi connectivity index (χ1v) is 17.8. The molecule has 3 aromatic rings. The van der Waals surface area contributed by atoms with Crippen LogP contribution in [0.2, 0.25) is 0 Å². The summed E-state index contributed by atoms with van der Waals surface area (Å²) in [6.07, 6.45) is -3.62. The van der Waals surface area contributed by atoms with Gasteiger partial charge in [0.05, 0.1) is 66.5 Å². The lowest BCUT2D eigenvalue weighted by molar-refractivity contribution is -0.311. The number of rotatable bonds is 24. The molecule has 25 nitrogen and oxygen atoms in total. The van der Waals surface area contributed by atoms with Gasteiger partial charge in [0.2, 0.25) is 23.7 Å². The van der Waals surface area contributed by atoms with Gasteiger partial charge >= 0.3 is 0 Å². The molecule has 1 aromatic carbocycles. The largest absolute Gasteiger partial charge is 0.550 e. The predicted octanol–water partition coefficient (Wildman–Crippen LogP) is -8.36. The highest BCUT2D eigenvalue weighted by atomic mass is 16.4. The fraction of sp³-hybridized carbons (Fsp3) is 0.400. The highest BCUT2D eigenvalue weighted by Crippen LogP contribution is 2.19. The number of fused-ring (bicyclic) bond motifs is 1. The Morgan fingerprint density at radius 1 is 0.617 bits per heavy atom. The number of amides is 4. The van der Waals surface area contributed by atoms with Crippen LogP contribution in [-0.2, 0) is 44.9 Å². The number of carboxylic acid groups (broad SMARTS) is 5. The van der Waals surface area contributed by atoms with Gasteiger partial charge in [-0.15, -0.1) is 0 Å². The Bertz CT molecular complexity index is 2120. The molecule has 4 amide bonds. The van der Waals surface area contributed by atoms with Crippen LogP contribution in [0, 0.1) is 0 Å². The maximum atomic E-state index is 12.9. The zero-order valence-electron chi connectivity index (χ0n) is 31.7. The molecule has 60 heavy (non-hydrogen) atoms. The lowest BCUT2D eigenvalue weighted by atomic mass is 10.1. The first-order chi connectivity index (χ1) is 28.2. The summed E-state index contributed by atoms with van der Waals surface area (Å²) in [6, 6.07) is -1.08. The van der Waals surface area contributed by atoms with Gasteiger partial charge in [-0.05, 0) is 56.4 Å². The third kappa shape index (κ3) is 14.6. The number of carbonyl (C=O) groups is 9. The maximum Gasteiger partial charge on any atom is 0.251 e. The van der Waals surface area contributed by atoms with E-state index in [1.807, 2.05) is 16.0 Å². The molecule has 25 heteroatoms. The summed E-state index contributed by atoms with van der Waals surface area (Å²) >= 11 is 0. The lowest BCUT2D eigenvalue weighted by Crippen LogP contribution is -2.51. The van der Waals surface area contributed by atoms with Gasteiger partial charge in [-0.1, -0.05) is 0 Å².